The minimum Gasteiger partial charge on any atom is -0.534 e. The Balaban J connectivity index is 1.25. The molecule has 1 fully saturated rings. The molecule has 2 amide bonds. The molecule has 6 heteroatoms. The lowest BCUT2D eigenvalue weighted by Crippen LogP contribution is -2.68. The van der Waals surface area contributed by atoms with Crippen molar-refractivity contribution in [2.45, 2.75) is 64.1 Å². The predicted molar refractivity (Wildman–Crippen MR) is 199 cm³/mol. The van der Waals surface area contributed by atoms with E-state index in [2.05, 4.69) is 69.3 Å². The Morgan fingerprint density at radius 2 is 1.18 bits per heavy atom. The molecule has 0 aromatic heterocycles. The summed E-state index contributed by atoms with van der Waals surface area (Å²) in [5.74, 6) is 0.488. The number of carbonyl (C=O) groups excluding carboxylic acids is 2. The maximum Gasteiger partial charge on any atom is 0.418 e. The summed E-state index contributed by atoms with van der Waals surface area (Å²) in [5.41, 5.74) is 1.58. The zero-order chi connectivity index (χ0) is 34.6. The number of rotatable bonds is 10. The van der Waals surface area contributed by atoms with Gasteiger partial charge < -0.3 is 9.16 Å². The van der Waals surface area contributed by atoms with E-state index >= 15 is 0 Å². The molecule has 0 unspecified atom stereocenters. The summed E-state index contributed by atoms with van der Waals surface area (Å²) < 4.78 is 13.5. The molecular formula is C43H45NO4Si. The van der Waals surface area contributed by atoms with Crippen LogP contribution in [0.5, 0.6) is 5.75 Å². The standard InChI is InChI=1S/C43H45NO4Si/c1-32(2)40-43(34-18-10-6-11-19-34,35-20-12-7-13-21-35)47-41(46)44(40)39(45)31-28-33-26-29-36(30-27-33)48-49(42(3,4)5,37-22-14-8-15-23-37)38-24-16-9-17-25-38/h6-27,29-30,32,40H,28,31H2,1-5H3/t40-/m1/s1. The number of imide groups is 1. The lowest BCUT2D eigenvalue weighted by molar-refractivity contribution is -0.130. The van der Waals surface area contributed by atoms with Crippen LogP contribution in [-0.2, 0) is 21.6 Å². The van der Waals surface area contributed by atoms with Crippen LogP contribution in [0.15, 0.2) is 146 Å². The Bertz CT molecular complexity index is 1780. The summed E-state index contributed by atoms with van der Waals surface area (Å²) in [7, 11) is -2.77. The van der Waals surface area contributed by atoms with Crippen LogP contribution in [-0.4, -0.2) is 31.3 Å². The molecule has 5 aromatic rings. The van der Waals surface area contributed by atoms with Crippen molar-refractivity contribution in [1.29, 1.82) is 0 Å². The van der Waals surface area contributed by atoms with Crippen molar-refractivity contribution in [3.63, 3.8) is 0 Å². The summed E-state index contributed by atoms with van der Waals surface area (Å²) in [5, 5.41) is 2.26. The highest BCUT2D eigenvalue weighted by Crippen LogP contribution is 2.47. The number of ether oxygens (including phenoxy) is 1. The molecule has 0 radical (unpaired) electrons. The van der Waals surface area contributed by atoms with Crippen LogP contribution in [0.25, 0.3) is 0 Å². The van der Waals surface area contributed by atoms with Crippen molar-refractivity contribution in [2.24, 2.45) is 5.92 Å². The second-order valence-corrected chi connectivity index (χ2v) is 18.4. The largest absolute Gasteiger partial charge is 0.534 e. The molecule has 1 aliphatic rings. The number of benzene rings is 5. The predicted octanol–water partition coefficient (Wildman–Crippen LogP) is 8.51. The number of amides is 2. The Labute approximate surface area is 291 Å². The van der Waals surface area contributed by atoms with Crippen LogP contribution >= 0.6 is 0 Å². The number of hydrogen-bond acceptors (Lipinski definition) is 4. The fraction of sp³-hybridized carbons (Fsp3) is 0.256. The second-order valence-electron chi connectivity index (χ2n) is 14.2. The Kier molecular flexibility index (Phi) is 9.62. The summed E-state index contributed by atoms with van der Waals surface area (Å²) in [4.78, 5) is 29.0. The zero-order valence-corrected chi connectivity index (χ0v) is 30.0. The molecule has 0 aliphatic carbocycles. The van der Waals surface area contributed by atoms with Crippen LogP contribution in [0.3, 0.4) is 0 Å². The number of aryl methyl sites for hydroxylation is 1. The smallest absolute Gasteiger partial charge is 0.418 e. The van der Waals surface area contributed by atoms with Gasteiger partial charge in [0.05, 0.1) is 6.04 Å². The third-order valence-electron chi connectivity index (χ3n) is 9.68. The fourth-order valence-corrected chi connectivity index (χ4v) is 11.9. The Morgan fingerprint density at radius 3 is 1.61 bits per heavy atom. The minimum absolute atomic E-state index is 0.0614. The van der Waals surface area contributed by atoms with Crippen LogP contribution in [0.4, 0.5) is 4.79 Å². The van der Waals surface area contributed by atoms with Gasteiger partial charge in [0.25, 0.3) is 0 Å². The lowest BCUT2D eigenvalue weighted by Gasteiger charge is -2.43. The molecule has 1 heterocycles. The molecule has 1 aliphatic heterocycles. The molecule has 1 saturated heterocycles. The van der Waals surface area contributed by atoms with Gasteiger partial charge >= 0.3 is 14.4 Å². The third kappa shape index (κ3) is 6.33. The Morgan fingerprint density at radius 1 is 0.735 bits per heavy atom. The summed E-state index contributed by atoms with van der Waals surface area (Å²) in [6.45, 7) is 10.9. The molecular weight excluding hydrogens is 623 g/mol. The lowest BCUT2D eigenvalue weighted by atomic mass is 9.75. The van der Waals surface area contributed by atoms with Crippen molar-refractivity contribution in [3.05, 3.63) is 162 Å². The van der Waals surface area contributed by atoms with E-state index in [9.17, 15) is 9.59 Å². The van der Waals surface area contributed by atoms with E-state index in [-0.39, 0.29) is 23.3 Å². The third-order valence-corrected chi connectivity index (χ3v) is 14.6. The summed E-state index contributed by atoms with van der Waals surface area (Å²) >= 11 is 0. The first-order valence-corrected chi connectivity index (χ1v) is 19.0. The van der Waals surface area contributed by atoms with E-state index in [1.165, 1.54) is 15.3 Å². The van der Waals surface area contributed by atoms with Crippen molar-refractivity contribution in [1.82, 2.24) is 4.90 Å². The summed E-state index contributed by atoms with van der Waals surface area (Å²) in [6.07, 6.45) is 0.0502. The van der Waals surface area contributed by atoms with E-state index in [1.54, 1.807) is 0 Å². The van der Waals surface area contributed by atoms with Gasteiger partial charge in [0.1, 0.15) is 5.75 Å². The molecule has 5 nitrogen and oxygen atoms in total. The first kappa shape index (κ1) is 33.9. The normalized spacial score (nSPS) is 16.0. The number of cyclic esters (lactones) is 1. The molecule has 0 saturated carbocycles. The van der Waals surface area contributed by atoms with Gasteiger partial charge in [-0.25, -0.2) is 9.69 Å². The summed E-state index contributed by atoms with van der Waals surface area (Å²) in [6, 6.07) is 48.2. The van der Waals surface area contributed by atoms with E-state index in [4.69, 9.17) is 9.16 Å². The quantitative estimate of drug-likeness (QED) is 0.140. The molecule has 250 valence electrons. The average Bonchev–Trinajstić information content (AvgIpc) is 3.45. The molecule has 5 aromatic carbocycles. The SMILES string of the molecule is CC(C)[C@H]1N(C(=O)CCc2ccc(O[Si](c3ccccc3)(c3ccccc3)C(C)(C)C)cc2)C(=O)OC1(c1ccccc1)c1ccccc1. The van der Waals surface area contributed by atoms with Gasteiger partial charge in [-0.15, -0.1) is 0 Å². The van der Waals surface area contributed by atoms with Crippen molar-refractivity contribution < 1.29 is 18.8 Å². The average molecular weight is 668 g/mol. The zero-order valence-electron chi connectivity index (χ0n) is 29.0. The van der Waals surface area contributed by atoms with E-state index in [1.807, 2.05) is 111 Å². The van der Waals surface area contributed by atoms with Gasteiger partial charge in [-0.1, -0.05) is 168 Å². The second kappa shape index (κ2) is 13.9. The van der Waals surface area contributed by atoms with Crippen molar-refractivity contribution in [2.75, 3.05) is 0 Å². The van der Waals surface area contributed by atoms with Gasteiger partial charge in [0.15, 0.2) is 5.60 Å². The fourth-order valence-electron chi connectivity index (χ4n) is 7.49. The maximum atomic E-state index is 14.0. The number of nitrogens with zero attached hydrogens (tertiary/aromatic N) is 1. The van der Waals surface area contributed by atoms with Crippen LogP contribution in [0, 0.1) is 5.92 Å². The van der Waals surface area contributed by atoms with Crippen LogP contribution in [0.2, 0.25) is 5.04 Å². The molecule has 49 heavy (non-hydrogen) atoms. The highest BCUT2D eigenvalue weighted by atomic mass is 28.4. The van der Waals surface area contributed by atoms with Gasteiger partial charge in [0, 0.05) is 17.5 Å². The molecule has 0 spiro atoms. The van der Waals surface area contributed by atoms with E-state index < -0.39 is 26.1 Å². The van der Waals surface area contributed by atoms with Gasteiger partial charge in [-0.05, 0) is 45.4 Å². The monoisotopic (exact) mass is 667 g/mol. The number of hydrogen-bond donors (Lipinski definition) is 0. The number of carbonyl (C=O) groups is 2. The first-order valence-electron chi connectivity index (χ1n) is 17.1. The minimum atomic E-state index is -2.77. The van der Waals surface area contributed by atoms with Crippen LogP contribution < -0.4 is 14.8 Å². The van der Waals surface area contributed by atoms with Gasteiger partial charge in [-0.2, -0.15) is 0 Å². The molecule has 6 rings (SSSR count). The Hall–Kier alpha value is -4.94. The highest BCUT2D eigenvalue weighted by molar-refractivity contribution is 7.00. The topological polar surface area (TPSA) is 55.8 Å². The van der Waals surface area contributed by atoms with E-state index in [0.717, 1.165) is 22.4 Å². The molecule has 0 bridgehead atoms. The van der Waals surface area contributed by atoms with Gasteiger partial charge in [-0.3, -0.25) is 4.79 Å². The van der Waals surface area contributed by atoms with Gasteiger partial charge in [0.2, 0.25) is 5.91 Å². The van der Waals surface area contributed by atoms with Crippen molar-refractivity contribution >= 4 is 30.7 Å². The first-order chi connectivity index (χ1) is 23.6. The highest BCUT2D eigenvalue weighted by Gasteiger charge is 2.59. The molecule has 0 N–H and O–H groups in total. The maximum absolute atomic E-state index is 14.0. The molecule has 1 atom stereocenters. The van der Waals surface area contributed by atoms with Crippen molar-refractivity contribution in [3.8, 4) is 5.75 Å². The van der Waals surface area contributed by atoms with Crippen LogP contribution in [0.1, 0.15) is 57.7 Å². The van der Waals surface area contributed by atoms with E-state index in [0.29, 0.717) is 6.42 Å².